The summed E-state index contributed by atoms with van der Waals surface area (Å²) in [6.45, 7) is 6.53. The molecule has 454 valence electrons. The molecule has 0 aromatic carbocycles. The van der Waals surface area contributed by atoms with E-state index in [0.717, 1.165) is 116 Å². The number of unbranched alkanes of at least 4 members (excludes halogenated alkanes) is 34. The van der Waals surface area contributed by atoms with E-state index in [1.807, 2.05) is 0 Å². The summed E-state index contributed by atoms with van der Waals surface area (Å²) in [7, 11) is 0. The highest BCUT2D eigenvalue weighted by Gasteiger charge is 2.19. The van der Waals surface area contributed by atoms with Gasteiger partial charge >= 0.3 is 17.9 Å². The van der Waals surface area contributed by atoms with Gasteiger partial charge < -0.3 is 14.2 Å². The third kappa shape index (κ3) is 65.0. The molecule has 79 heavy (non-hydrogen) atoms. The standard InChI is InChI=1S/C73H126O6/c1-4-7-10-13-16-19-22-25-27-29-31-32-33-34-35-36-37-38-39-40-42-43-45-48-51-54-57-60-63-66-72(75)78-69-70(68-77-71(74)65-62-59-56-53-50-47-24-21-18-15-12-9-6-3)79-73(76)67-64-61-58-55-52-49-46-44-41-30-28-26-23-20-17-14-11-8-5-2/h7,10,16,19,21,24-25,27,31-32,34-35,37-38,40,42,70H,4-6,8-9,11-15,17-18,20,22-23,26,28-30,33,36,39,41,43-69H2,1-3H3/b10-7-,19-16-,24-21-,27-25-,32-31-,35-34-,38-37-,42-40-. The topological polar surface area (TPSA) is 78.9 Å². The molecule has 0 aromatic heterocycles. The Labute approximate surface area is 489 Å². The maximum atomic E-state index is 12.9. The lowest BCUT2D eigenvalue weighted by Gasteiger charge is -2.18. The van der Waals surface area contributed by atoms with Gasteiger partial charge in [-0.15, -0.1) is 0 Å². The quantitative estimate of drug-likeness (QED) is 0.0261. The van der Waals surface area contributed by atoms with Crippen LogP contribution in [0.5, 0.6) is 0 Å². The second kappa shape index (κ2) is 66.8. The first-order valence-electron chi connectivity index (χ1n) is 33.7. The van der Waals surface area contributed by atoms with Gasteiger partial charge in [0.05, 0.1) is 0 Å². The van der Waals surface area contributed by atoms with Gasteiger partial charge in [-0.05, 0) is 103 Å². The number of esters is 3. The lowest BCUT2D eigenvalue weighted by Crippen LogP contribution is -2.30. The van der Waals surface area contributed by atoms with Gasteiger partial charge in [-0.25, -0.2) is 0 Å². The van der Waals surface area contributed by atoms with Crippen molar-refractivity contribution in [1.82, 2.24) is 0 Å². The van der Waals surface area contributed by atoms with Crippen molar-refractivity contribution in [1.29, 1.82) is 0 Å². The van der Waals surface area contributed by atoms with Gasteiger partial charge in [0.1, 0.15) is 13.2 Å². The van der Waals surface area contributed by atoms with E-state index in [1.54, 1.807) is 0 Å². The average Bonchev–Trinajstić information content (AvgIpc) is 3.45. The number of carbonyl (C=O) groups is 3. The molecule has 6 heteroatoms. The van der Waals surface area contributed by atoms with Crippen LogP contribution in [-0.4, -0.2) is 37.2 Å². The molecule has 0 N–H and O–H groups in total. The number of allylic oxidation sites excluding steroid dienone is 16. The third-order valence-electron chi connectivity index (χ3n) is 14.6. The minimum absolute atomic E-state index is 0.0822. The fourth-order valence-electron chi connectivity index (χ4n) is 9.54. The summed E-state index contributed by atoms with van der Waals surface area (Å²) in [5.41, 5.74) is 0. The Balaban J connectivity index is 4.31. The molecule has 0 spiro atoms. The van der Waals surface area contributed by atoms with Crippen molar-refractivity contribution in [2.75, 3.05) is 13.2 Å². The molecule has 0 rings (SSSR count). The lowest BCUT2D eigenvalue weighted by molar-refractivity contribution is -0.167. The maximum absolute atomic E-state index is 12.9. The van der Waals surface area contributed by atoms with Crippen LogP contribution in [0.25, 0.3) is 0 Å². The first-order chi connectivity index (χ1) is 39.0. The van der Waals surface area contributed by atoms with Crippen LogP contribution in [0.15, 0.2) is 97.2 Å². The Morgan fingerprint density at radius 3 is 0.797 bits per heavy atom. The van der Waals surface area contributed by atoms with Crippen LogP contribution in [0.1, 0.15) is 329 Å². The molecule has 0 bridgehead atoms. The van der Waals surface area contributed by atoms with Crippen LogP contribution in [0, 0.1) is 0 Å². The van der Waals surface area contributed by atoms with Crippen molar-refractivity contribution in [3.8, 4) is 0 Å². The summed E-state index contributed by atoms with van der Waals surface area (Å²) in [5.74, 6) is -0.887. The predicted molar refractivity (Wildman–Crippen MR) is 344 cm³/mol. The van der Waals surface area contributed by atoms with E-state index in [2.05, 4.69) is 118 Å². The van der Waals surface area contributed by atoms with Gasteiger partial charge in [0.2, 0.25) is 0 Å². The van der Waals surface area contributed by atoms with Crippen LogP contribution in [-0.2, 0) is 28.6 Å². The molecule has 6 nitrogen and oxygen atoms in total. The summed E-state index contributed by atoms with van der Waals surface area (Å²) in [4.78, 5) is 38.4. The van der Waals surface area contributed by atoms with Crippen molar-refractivity contribution in [2.45, 2.75) is 335 Å². The molecule has 0 saturated heterocycles. The van der Waals surface area contributed by atoms with Crippen molar-refractivity contribution in [2.24, 2.45) is 0 Å². The summed E-state index contributed by atoms with van der Waals surface area (Å²) < 4.78 is 16.9. The van der Waals surface area contributed by atoms with E-state index < -0.39 is 6.10 Å². The molecule has 0 heterocycles. The second-order valence-corrected chi connectivity index (χ2v) is 22.4. The first kappa shape index (κ1) is 75.3. The summed E-state index contributed by atoms with van der Waals surface area (Å²) >= 11 is 0. The molecule has 0 saturated carbocycles. The van der Waals surface area contributed by atoms with Gasteiger partial charge in [-0.2, -0.15) is 0 Å². The zero-order valence-corrected chi connectivity index (χ0v) is 52.1. The number of hydrogen-bond acceptors (Lipinski definition) is 6. The Morgan fingerprint density at radius 2 is 0.494 bits per heavy atom. The molecule has 0 radical (unpaired) electrons. The molecule has 0 aliphatic carbocycles. The Bertz CT molecular complexity index is 1540. The van der Waals surface area contributed by atoms with Gasteiger partial charge in [-0.1, -0.05) is 304 Å². The van der Waals surface area contributed by atoms with Gasteiger partial charge in [0.25, 0.3) is 0 Å². The maximum Gasteiger partial charge on any atom is 0.306 e. The van der Waals surface area contributed by atoms with Crippen molar-refractivity contribution in [3.05, 3.63) is 97.2 Å². The molecule has 0 amide bonds. The zero-order valence-electron chi connectivity index (χ0n) is 52.1. The van der Waals surface area contributed by atoms with Crippen LogP contribution >= 0.6 is 0 Å². The Kier molecular flexibility index (Phi) is 63.7. The summed E-state index contributed by atoms with van der Waals surface area (Å²) in [5, 5.41) is 0. The molecule has 0 aromatic rings. The van der Waals surface area contributed by atoms with E-state index >= 15 is 0 Å². The Hall–Kier alpha value is -3.67. The van der Waals surface area contributed by atoms with Crippen LogP contribution < -0.4 is 0 Å². The Morgan fingerprint density at radius 1 is 0.266 bits per heavy atom. The van der Waals surface area contributed by atoms with Crippen LogP contribution in [0.3, 0.4) is 0 Å². The van der Waals surface area contributed by atoms with E-state index in [4.69, 9.17) is 14.2 Å². The molecule has 1 atom stereocenters. The molecule has 1 unspecified atom stereocenters. The fourth-order valence-corrected chi connectivity index (χ4v) is 9.54. The van der Waals surface area contributed by atoms with E-state index in [9.17, 15) is 14.4 Å². The largest absolute Gasteiger partial charge is 0.462 e. The van der Waals surface area contributed by atoms with Crippen LogP contribution in [0.4, 0.5) is 0 Å². The molecule has 0 fully saturated rings. The second-order valence-electron chi connectivity index (χ2n) is 22.4. The van der Waals surface area contributed by atoms with Gasteiger partial charge in [0.15, 0.2) is 6.10 Å². The summed E-state index contributed by atoms with van der Waals surface area (Å²) in [6.07, 6.45) is 89.9. The monoisotopic (exact) mass is 1100 g/mol. The molecular weight excluding hydrogens is 973 g/mol. The SMILES string of the molecule is CC/C=C\C/C=C\C/C=C\C/C=C\C/C=C\C/C=C\C/C=C\CCCCCCCCCC(=O)OCC(COC(=O)CCCCCCC/C=C\CCCCCC)OC(=O)CCCCCCCCCCCCCCCCCCCCC. The smallest absolute Gasteiger partial charge is 0.306 e. The van der Waals surface area contributed by atoms with Crippen molar-refractivity contribution < 1.29 is 28.6 Å². The van der Waals surface area contributed by atoms with Crippen LogP contribution in [0.2, 0.25) is 0 Å². The van der Waals surface area contributed by atoms with E-state index in [0.29, 0.717) is 19.3 Å². The third-order valence-corrected chi connectivity index (χ3v) is 14.6. The lowest BCUT2D eigenvalue weighted by atomic mass is 10.0. The number of rotatable bonds is 61. The average molecular weight is 1100 g/mol. The molecule has 0 aliphatic rings. The minimum atomic E-state index is -0.785. The van der Waals surface area contributed by atoms with Gasteiger partial charge in [-0.3, -0.25) is 14.4 Å². The molecule has 0 aliphatic heterocycles. The highest BCUT2D eigenvalue weighted by molar-refractivity contribution is 5.71. The number of hydrogen-bond donors (Lipinski definition) is 0. The van der Waals surface area contributed by atoms with Crippen molar-refractivity contribution >= 4 is 17.9 Å². The zero-order chi connectivity index (χ0) is 57.1. The van der Waals surface area contributed by atoms with Crippen molar-refractivity contribution in [3.63, 3.8) is 0 Å². The predicted octanol–water partition coefficient (Wildman–Crippen LogP) is 23.2. The molecular formula is C73H126O6. The number of carbonyl (C=O) groups excluding carboxylic acids is 3. The van der Waals surface area contributed by atoms with E-state index in [1.165, 1.54) is 173 Å². The van der Waals surface area contributed by atoms with E-state index in [-0.39, 0.29) is 31.1 Å². The highest BCUT2D eigenvalue weighted by Crippen LogP contribution is 2.17. The first-order valence-corrected chi connectivity index (χ1v) is 33.7. The summed E-state index contributed by atoms with van der Waals surface area (Å²) in [6, 6.07) is 0. The fraction of sp³-hybridized carbons (Fsp3) is 0.740. The normalized spacial score (nSPS) is 12.7. The number of ether oxygens (including phenoxy) is 3. The minimum Gasteiger partial charge on any atom is -0.462 e. The highest BCUT2D eigenvalue weighted by atomic mass is 16.6. The van der Waals surface area contributed by atoms with Gasteiger partial charge in [0, 0.05) is 19.3 Å².